The van der Waals surface area contributed by atoms with Gasteiger partial charge in [0.15, 0.2) is 5.60 Å². The number of hydrogen-bond acceptors (Lipinski definition) is 4. The molecule has 1 aromatic rings. The lowest BCUT2D eigenvalue weighted by Crippen LogP contribution is -2.27. The maximum absolute atomic E-state index is 5.84. The number of aromatic nitrogens is 2. The van der Waals surface area contributed by atoms with Crippen molar-refractivity contribution in [3.8, 4) is 18.2 Å². The van der Waals surface area contributed by atoms with Crippen LogP contribution in [0.2, 0.25) is 0 Å². The van der Waals surface area contributed by atoms with Crippen molar-refractivity contribution in [2.75, 3.05) is 11.9 Å². The summed E-state index contributed by atoms with van der Waals surface area (Å²) in [4.78, 5) is 8.53. The number of nitrogens with zero attached hydrogens (tertiary/aromatic N) is 2. The molecule has 1 heterocycles. The Morgan fingerprint density at radius 1 is 1.42 bits per heavy atom. The Bertz CT molecular complexity index is 461. The standard InChI is InChI=1S/C15H23N3O/c1-7-9-16-13-12(11(3)4)14(18-10-17-13)19-15(5,6)8-2/h2,10-11H,7,9H2,1,3-6H3,(H,16,17,18). The van der Waals surface area contributed by atoms with E-state index in [-0.39, 0.29) is 5.92 Å². The number of ether oxygens (including phenoxy) is 1. The molecule has 0 atom stereocenters. The molecule has 4 heteroatoms. The van der Waals surface area contributed by atoms with Gasteiger partial charge in [0.2, 0.25) is 5.88 Å². The van der Waals surface area contributed by atoms with E-state index in [1.165, 1.54) is 6.33 Å². The summed E-state index contributed by atoms with van der Waals surface area (Å²) in [7, 11) is 0. The van der Waals surface area contributed by atoms with E-state index in [1.807, 2.05) is 13.8 Å². The zero-order valence-electron chi connectivity index (χ0n) is 12.4. The quantitative estimate of drug-likeness (QED) is 0.799. The highest BCUT2D eigenvalue weighted by Crippen LogP contribution is 2.31. The van der Waals surface area contributed by atoms with E-state index in [4.69, 9.17) is 11.2 Å². The van der Waals surface area contributed by atoms with E-state index in [9.17, 15) is 0 Å². The van der Waals surface area contributed by atoms with Gasteiger partial charge in [-0.25, -0.2) is 9.97 Å². The Kier molecular flexibility index (Phi) is 5.17. The highest BCUT2D eigenvalue weighted by atomic mass is 16.5. The van der Waals surface area contributed by atoms with E-state index >= 15 is 0 Å². The highest BCUT2D eigenvalue weighted by Gasteiger charge is 2.22. The van der Waals surface area contributed by atoms with E-state index in [1.54, 1.807) is 0 Å². The smallest absolute Gasteiger partial charge is 0.223 e. The van der Waals surface area contributed by atoms with Gasteiger partial charge in [0.05, 0.1) is 5.56 Å². The van der Waals surface area contributed by atoms with E-state index < -0.39 is 5.60 Å². The van der Waals surface area contributed by atoms with Crippen LogP contribution in [0.3, 0.4) is 0 Å². The Balaban J connectivity index is 3.14. The second-order valence-corrected chi connectivity index (χ2v) is 5.28. The zero-order chi connectivity index (χ0) is 14.5. The first-order valence-electron chi connectivity index (χ1n) is 6.66. The van der Waals surface area contributed by atoms with Crippen LogP contribution in [-0.2, 0) is 0 Å². The fraction of sp³-hybridized carbons (Fsp3) is 0.600. The summed E-state index contributed by atoms with van der Waals surface area (Å²) in [5.74, 6) is 4.26. The first kappa shape index (κ1) is 15.3. The van der Waals surface area contributed by atoms with Crippen molar-refractivity contribution in [3.63, 3.8) is 0 Å². The number of nitrogens with one attached hydrogen (secondary N) is 1. The molecule has 0 spiro atoms. The van der Waals surface area contributed by atoms with Gasteiger partial charge in [0.1, 0.15) is 12.1 Å². The molecule has 104 valence electrons. The number of anilines is 1. The van der Waals surface area contributed by atoms with Gasteiger partial charge >= 0.3 is 0 Å². The predicted octanol–water partition coefficient (Wildman–Crippen LogP) is 3.21. The molecular formula is C15H23N3O. The molecule has 0 radical (unpaired) electrons. The van der Waals surface area contributed by atoms with Gasteiger partial charge in [0.25, 0.3) is 0 Å². The molecule has 0 aliphatic rings. The van der Waals surface area contributed by atoms with Gasteiger partial charge in [-0.15, -0.1) is 6.42 Å². The van der Waals surface area contributed by atoms with E-state index in [0.717, 1.165) is 24.3 Å². The summed E-state index contributed by atoms with van der Waals surface area (Å²) >= 11 is 0. The van der Waals surface area contributed by atoms with Crippen LogP contribution in [0.5, 0.6) is 5.88 Å². The molecule has 0 amide bonds. The third kappa shape index (κ3) is 4.13. The van der Waals surface area contributed by atoms with Crippen molar-refractivity contribution in [2.24, 2.45) is 0 Å². The molecule has 0 saturated carbocycles. The maximum atomic E-state index is 5.84. The molecule has 19 heavy (non-hydrogen) atoms. The van der Waals surface area contributed by atoms with Crippen molar-refractivity contribution in [1.29, 1.82) is 0 Å². The van der Waals surface area contributed by atoms with Crippen LogP contribution in [0.1, 0.15) is 52.5 Å². The molecule has 0 saturated heterocycles. The third-order valence-corrected chi connectivity index (χ3v) is 2.67. The summed E-state index contributed by atoms with van der Waals surface area (Å²) in [6, 6.07) is 0. The van der Waals surface area contributed by atoms with Gasteiger partial charge in [-0.1, -0.05) is 26.7 Å². The first-order chi connectivity index (χ1) is 8.91. The van der Waals surface area contributed by atoms with Crippen LogP contribution in [-0.4, -0.2) is 22.1 Å². The minimum atomic E-state index is -0.681. The monoisotopic (exact) mass is 261 g/mol. The second-order valence-electron chi connectivity index (χ2n) is 5.28. The highest BCUT2D eigenvalue weighted by molar-refractivity contribution is 5.50. The number of terminal acetylenes is 1. The van der Waals surface area contributed by atoms with Gasteiger partial charge < -0.3 is 10.1 Å². The van der Waals surface area contributed by atoms with Crippen molar-refractivity contribution in [3.05, 3.63) is 11.9 Å². The lowest BCUT2D eigenvalue weighted by molar-refractivity contribution is 0.162. The molecule has 0 aliphatic heterocycles. The van der Waals surface area contributed by atoms with Crippen LogP contribution in [0.15, 0.2) is 6.33 Å². The summed E-state index contributed by atoms with van der Waals surface area (Å²) in [5, 5.41) is 3.31. The van der Waals surface area contributed by atoms with Gasteiger partial charge in [-0.2, -0.15) is 0 Å². The molecule has 1 N–H and O–H groups in total. The predicted molar refractivity (Wildman–Crippen MR) is 78.4 cm³/mol. The lowest BCUT2D eigenvalue weighted by atomic mass is 10.0. The van der Waals surface area contributed by atoms with E-state index in [2.05, 4.69) is 42.0 Å². The normalized spacial score (nSPS) is 11.2. The van der Waals surface area contributed by atoms with Crippen LogP contribution in [0, 0.1) is 12.3 Å². The SMILES string of the molecule is C#CC(C)(C)Oc1ncnc(NCCC)c1C(C)C. The second kappa shape index (κ2) is 6.42. The van der Waals surface area contributed by atoms with Crippen molar-refractivity contribution >= 4 is 5.82 Å². The van der Waals surface area contributed by atoms with Crippen molar-refractivity contribution in [1.82, 2.24) is 9.97 Å². The van der Waals surface area contributed by atoms with E-state index in [0.29, 0.717) is 5.88 Å². The fourth-order valence-corrected chi connectivity index (χ4v) is 1.64. The summed E-state index contributed by atoms with van der Waals surface area (Å²) < 4.78 is 5.84. The van der Waals surface area contributed by atoms with Crippen LogP contribution in [0.4, 0.5) is 5.82 Å². The molecule has 1 aromatic heterocycles. The minimum Gasteiger partial charge on any atom is -0.458 e. The number of hydrogen-bond donors (Lipinski definition) is 1. The topological polar surface area (TPSA) is 47.0 Å². The summed E-state index contributed by atoms with van der Waals surface area (Å²) in [6.45, 7) is 10.9. The number of rotatable bonds is 6. The average Bonchev–Trinajstić information content (AvgIpc) is 2.35. The molecule has 4 nitrogen and oxygen atoms in total. The van der Waals surface area contributed by atoms with Crippen LogP contribution in [0.25, 0.3) is 0 Å². The van der Waals surface area contributed by atoms with Gasteiger partial charge in [-0.05, 0) is 26.2 Å². The maximum Gasteiger partial charge on any atom is 0.223 e. The Morgan fingerprint density at radius 2 is 2.11 bits per heavy atom. The largest absolute Gasteiger partial charge is 0.458 e. The lowest BCUT2D eigenvalue weighted by Gasteiger charge is -2.23. The van der Waals surface area contributed by atoms with Gasteiger partial charge in [0, 0.05) is 6.54 Å². The Hall–Kier alpha value is -1.76. The molecule has 0 unspecified atom stereocenters. The summed E-state index contributed by atoms with van der Waals surface area (Å²) in [6.07, 6.45) is 8.01. The Labute approximate surface area is 116 Å². The molecular weight excluding hydrogens is 238 g/mol. The first-order valence-corrected chi connectivity index (χ1v) is 6.66. The Morgan fingerprint density at radius 3 is 2.63 bits per heavy atom. The summed E-state index contributed by atoms with van der Waals surface area (Å²) in [5.41, 5.74) is 0.291. The van der Waals surface area contributed by atoms with Crippen LogP contribution < -0.4 is 10.1 Å². The fourth-order valence-electron chi connectivity index (χ4n) is 1.64. The average molecular weight is 261 g/mol. The molecule has 0 fully saturated rings. The molecule has 0 bridgehead atoms. The zero-order valence-corrected chi connectivity index (χ0v) is 12.4. The van der Waals surface area contributed by atoms with Gasteiger partial charge in [-0.3, -0.25) is 0 Å². The van der Waals surface area contributed by atoms with Crippen molar-refractivity contribution in [2.45, 2.75) is 52.6 Å². The minimum absolute atomic E-state index is 0.254. The molecule has 0 aliphatic carbocycles. The third-order valence-electron chi connectivity index (χ3n) is 2.67. The molecule has 1 rings (SSSR count). The van der Waals surface area contributed by atoms with Crippen molar-refractivity contribution < 1.29 is 4.74 Å². The molecule has 0 aromatic carbocycles. The van der Waals surface area contributed by atoms with Crippen LogP contribution >= 0.6 is 0 Å².